The van der Waals surface area contributed by atoms with Crippen LogP contribution in [0.4, 0.5) is 5.95 Å². The van der Waals surface area contributed by atoms with E-state index in [1.807, 2.05) is 0 Å². The molecule has 0 radical (unpaired) electrons. The molecule has 0 amide bonds. The van der Waals surface area contributed by atoms with Gasteiger partial charge in [0.15, 0.2) is 0 Å². The molecule has 1 fully saturated rings. The number of hydrogen-bond donors (Lipinski definition) is 1. The van der Waals surface area contributed by atoms with Crippen molar-refractivity contribution >= 4 is 5.95 Å². The van der Waals surface area contributed by atoms with Gasteiger partial charge in [-0.1, -0.05) is 45.4 Å². The zero-order chi connectivity index (χ0) is 14.4. The average molecular weight is 277 g/mol. The number of rotatable bonds is 8. The zero-order valence-corrected chi connectivity index (χ0v) is 13.5. The molecule has 1 saturated carbocycles. The lowest BCUT2D eigenvalue weighted by molar-refractivity contribution is 0.474. The predicted molar refractivity (Wildman–Crippen MR) is 86.3 cm³/mol. The number of imidazole rings is 1. The number of aromatic nitrogens is 2. The highest BCUT2D eigenvalue weighted by Gasteiger charge is 2.18. The van der Waals surface area contributed by atoms with E-state index in [-0.39, 0.29) is 0 Å². The van der Waals surface area contributed by atoms with Gasteiger partial charge in [-0.3, -0.25) is 0 Å². The Morgan fingerprint density at radius 2 is 2.05 bits per heavy atom. The maximum Gasteiger partial charge on any atom is 0.203 e. The summed E-state index contributed by atoms with van der Waals surface area (Å²) in [5.74, 6) is 1.09. The molecule has 1 aliphatic rings. The third kappa shape index (κ3) is 4.26. The second-order valence-corrected chi connectivity index (χ2v) is 6.44. The van der Waals surface area contributed by atoms with Crippen LogP contribution in [-0.4, -0.2) is 15.6 Å². The first-order valence-corrected chi connectivity index (χ1v) is 8.52. The number of unbranched alkanes of at least 4 members (excludes halogenated alkanes) is 3. The van der Waals surface area contributed by atoms with E-state index in [0.29, 0.717) is 12.1 Å². The van der Waals surface area contributed by atoms with E-state index in [0.717, 1.165) is 11.6 Å². The van der Waals surface area contributed by atoms with Crippen molar-refractivity contribution in [3.8, 4) is 0 Å². The number of nitrogens with zero attached hydrogens (tertiary/aromatic N) is 2. The molecular weight excluding hydrogens is 246 g/mol. The minimum atomic E-state index is 0.553. The molecule has 1 unspecified atom stereocenters. The summed E-state index contributed by atoms with van der Waals surface area (Å²) in [6.45, 7) is 6.69. The SMILES string of the molecule is CCCCCCC(C)n1cc(C)nc1NC1CCCC1. The summed E-state index contributed by atoms with van der Waals surface area (Å²) in [5, 5.41) is 3.66. The minimum absolute atomic E-state index is 0.553. The van der Waals surface area contributed by atoms with Gasteiger partial charge in [-0.05, 0) is 33.1 Å². The third-order valence-electron chi connectivity index (χ3n) is 4.49. The molecule has 0 aliphatic heterocycles. The summed E-state index contributed by atoms with van der Waals surface area (Å²) in [5.41, 5.74) is 1.13. The third-order valence-corrected chi connectivity index (χ3v) is 4.49. The normalized spacial score (nSPS) is 17.6. The van der Waals surface area contributed by atoms with Crippen LogP contribution in [0.15, 0.2) is 6.20 Å². The maximum atomic E-state index is 4.69. The summed E-state index contributed by atoms with van der Waals surface area (Å²) in [6, 6.07) is 1.19. The van der Waals surface area contributed by atoms with Crippen molar-refractivity contribution in [3.05, 3.63) is 11.9 Å². The van der Waals surface area contributed by atoms with Crippen molar-refractivity contribution < 1.29 is 0 Å². The standard InChI is InChI=1S/C17H31N3/c1-4-5-6-7-10-15(3)20-13-14(2)18-17(20)19-16-11-8-9-12-16/h13,15-16H,4-12H2,1-3H3,(H,18,19). The number of hydrogen-bond acceptors (Lipinski definition) is 2. The van der Waals surface area contributed by atoms with E-state index in [2.05, 4.69) is 36.9 Å². The molecule has 1 aromatic heterocycles. The van der Waals surface area contributed by atoms with E-state index >= 15 is 0 Å². The van der Waals surface area contributed by atoms with Crippen LogP contribution in [0.5, 0.6) is 0 Å². The molecule has 2 rings (SSSR count). The highest BCUT2D eigenvalue weighted by atomic mass is 15.2. The number of anilines is 1. The molecule has 1 heterocycles. The van der Waals surface area contributed by atoms with E-state index in [1.54, 1.807) is 0 Å². The van der Waals surface area contributed by atoms with Gasteiger partial charge in [0.25, 0.3) is 0 Å². The summed E-state index contributed by atoms with van der Waals surface area (Å²) >= 11 is 0. The van der Waals surface area contributed by atoms with Gasteiger partial charge < -0.3 is 9.88 Å². The van der Waals surface area contributed by atoms with Crippen molar-refractivity contribution in [2.24, 2.45) is 0 Å². The van der Waals surface area contributed by atoms with E-state index < -0.39 is 0 Å². The van der Waals surface area contributed by atoms with Gasteiger partial charge in [0.1, 0.15) is 0 Å². The monoisotopic (exact) mass is 277 g/mol. The first-order valence-electron chi connectivity index (χ1n) is 8.52. The van der Waals surface area contributed by atoms with Crippen LogP contribution < -0.4 is 5.32 Å². The molecule has 3 nitrogen and oxygen atoms in total. The second kappa shape index (κ2) is 7.70. The Kier molecular flexibility index (Phi) is 5.93. The molecular formula is C17H31N3. The lowest BCUT2D eigenvalue weighted by atomic mass is 10.1. The second-order valence-electron chi connectivity index (χ2n) is 6.44. The van der Waals surface area contributed by atoms with Crippen molar-refractivity contribution in [1.29, 1.82) is 0 Å². The highest BCUT2D eigenvalue weighted by Crippen LogP contribution is 2.25. The van der Waals surface area contributed by atoms with Gasteiger partial charge in [0.05, 0.1) is 5.69 Å². The lowest BCUT2D eigenvalue weighted by Crippen LogP contribution is -2.19. The van der Waals surface area contributed by atoms with Crippen LogP contribution in [0.3, 0.4) is 0 Å². The lowest BCUT2D eigenvalue weighted by Gasteiger charge is -2.19. The minimum Gasteiger partial charge on any atom is -0.353 e. The summed E-state index contributed by atoms with van der Waals surface area (Å²) in [6.07, 6.45) is 14.2. The first kappa shape index (κ1) is 15.4. The fourth-order valence-electron chi connectivity index (χ4n) is 3.22. The van der Waals surface area contributed by atoms with Crippen molar-refractivity contribution in [3.63, 3.8) is 0 Å². The molecule has 0 aromatic carbocycles. The molecule has 1 N–H and O–H groups in total. The van der Waals surface area contributed by atoms with Crippen molar-refractivity contribution in [1.82, 2.24) is 9.55 Å². The molecule has 0 bridgehead atoms. The molecule has 0 spiro atoms. The quantitative estimate of drug-likeness (QED) is 0.672. The van der Waals surface area contributed by atoms with Gasteiger partial charge in [-0.15, -0.1) is 0 Å². The van der Waals surface area contributed by atoms with E-state index in [4.69, 9.17) is 4.98 Å². The number of nitrogens with one attached hydrogen (secondary N) is 1. The summed E-state index contributed by atoms with van der Waals surface area (Å²) in [4.78, 5) is 4.69. The maximum absolute atomic E-state index is 4.69. The van der Waals surface area contributed by atoms with E-state index in [1.165, 1.54) is 57.8 Å². The van der Waals surface area contributed by atoms with E-state index in [9.17, 15) is 0 Å². The summed E-state index contributed by atoms with van der Waals surface area (Å²) in [7, 11) is 0. The molecule has 20 heavy (non-hydrogen) atoms. The Morgan fingerprint density at radius 3 is 2.75 bits per heavy atom. The molecule has 1 aliphatic carbocycles. The van der Waals surface area contributed by atoms with Gasteiger partial charge in [-0.2, -0.15) is 0 Å². The van der Waals surface area contributed by atoms with Gasteiger partial charge in [0.2, 0.25) is 5.95 Å². The molecule has 3 heteroatoms. The van der Waals surface area contributed by atoms with Crippen molar-refractivity contribution in [2.45, 2.75) is 90.6 Å². The van der Waals surface area contributed by atoms with Crippen LogP contribution in [0.25, 0.3) is 0 Å². The summed E-state index contributed by atoms with van der Waals surface area (Å²) < 4.78 is 2.36. The Labute approximate surface area is 124 Å². The highest BCUT2D eigenvalue weighted by molar-refractivity contribution is 5.31. The fraction of sp³-hybridized carbons (Fsp3) is 0.824. The van der Waals surface area contributed by atoms with Crippen molar-refractivity contribution in [2.75, 3.05) is 5.32 Å². The Hall–Kier alpha value is -0.990. The van der Waals surface area contributed by atoms with Gasteiger partial charge >= 0.3 is 0 Å². The predicted octanol–water partition coefficient (Wildman–Crippen LogP) is 5.08. The zero-order valence-electron chi connectivity index (χ0n) is 13.5. The largest absolute Gasteiger partial charge is 0.353 e. The Morgan fingerprint density at radius 1 is 1.30 bits per heavy atom. The molecule has 0 saturated heterocycles. The molecule has 114 valence electrons. The smallest absolute Gasteiger partial charge is 0.203 e. The van der Waals surface area contributed by atoms with Gasteiger partial charge in [0, 0.05) is 18.3 Å². The molecule has 1 aromatic rings. The van der Waals surface area contributed by atoms with Crippen LogP contribution in [0, 0.1) is 6.92 Å². The fourth-order valence-corrected chi connectivity index (χ4v) is 3.22. The van der Waals surface area contributed by atoms with Gasteiger partial charge in [-0.25, -0.2) is 4.98 Å². The average Bonchev–Trinajstić information content (AvgIpc) is 3.05. The topological polar surface area (TPSA) is 29.9 Å². The van der Waals surface area contributed by atoms with Crippen LogP contribution in [0.1, 0.15) is 83.4 Å². The van der Waals surface area contributed by atoms with Crippen LogP contribution >= 0.6 is 0 Å². The Balaban J connectivity index is 1.91. The first-order chi connectivity index (χ1) is 9.70. The Bertz CT molecular complexity index is 391. The van der Waals surface area contributed by atoms with Crippen LogP contribution in [0.2, 0.25) is 0 Å². The molecule has 1 atom stereocenters. The van der Waals surface area contributed by atoms with Crippen LogP contribution in [-0.2, 0) is 0 Å². The number of aryl methyl sites for hydroxylation is 1.